The highest BCUT2D eigenvalue weighted by Gasteiger charge is 1.91. The summed E-state index contributed by atoms with van der Waals surface area (Å²) in [5, 5.41) is 3.09. The third-order valence-corrected chi connectivity index (χ3v) is 1.24. The largest absolute Gasteiger partial charge is 0.386 e. The molecule has 0 fully saturated rings. The van der Waals surface area contributed by atoms with Gasteiger partial charge < -0.3 is 11.1 Å². The summed E-state index contributed by atoms with van der Waals surface area (Å²) in [4.78, 5) is 0. The van der Waals surface area contributed by atoms with Gasteiger partial charge in [-0.1, -0.05) is 38.7 Å². The van der Waals surface area contributed by atoms with Crippen molar-refractivity contribution in [1.29, 1.82) is 0 Å². The fraction of sp³-hybridized carbons (Fsp3) is 0.400. The first-order valence-corrected chi connectivity index (χ1v) is 4.15. The minimum Gasteiger partial charge on any atom is -0.386 e. The van der Waals surface area contributed by atoms with E-state index in [2.05, 4.69) is 25.7 Å². The van der Waals surface area contributed by atoms with Gasteiger partial charge in [0.1, 0.15) is 0 Å². The lowest BCUT2D eigenvalue weighted by atomic mass is 10.2. The molecule has 0 aliphatic rings. The van der Waals surface area contributed by atoms with Gasteiger partial charge in [0.25, 0.3) is 0 Å². The molecular formula is C10H18N2. The Bertz CT molecular complexity index is 178. The minimum atomic E-state index is 0.611. The minimum absolute atomic E-state index is 0.611. The first-order chi connectivity index (χ1) is 5.66. The van der Waals surface area contributed by atoms with Crippen LogP contribution in [0.4, 0.5) is 0 Å². The van der Waals surface area contributed by atoms with Crippen molar-refractivity contribution < 1.29 is 0 Å². The van der Waals surface area contributed by atoms with Gasteiger partial charge in [0.15, 0.2) is 0 Å². The van der Waals surface area contributed by atoms with E-state index < -0.39 is 0 Å². The molecule has 0 radical (unpaired) electrons. The monoisotopic (exact) mass is 166 g/mol. The predicted molar refractivity (Wildman–Crippen MR) is 54.4 cm³/mol. The number of hydrogen-bond donors (Lipinski definition) is 2. The summed E-state index contributed by atoms with van der Waals surface area (Å²) in [5.41, 5.74) is 5.63. The van der Waals surface area contributed by atoms with Gasteiger partial charge in [0.2, 0.25) is 0 Å². The van der Waals surface area contributed by atoms with Gasteiger partial charge in [-0.05, 0) is 12.0 Å². The summed E-state index contributed by atoms with van der Waals surface area (Å²) in [6.45, 7) is 8.74. The van der Waals surface area contributed by atoms with Gasteiger partial charge in [-0.3, -0.25) is 0 Å². The van der Waals surface area contributed by atoms with Crippen LogP contribution < -0.4 is 11.1 Å². The molecule has 2 nitrogen and oxygen atoms in total. The van der Waals surface area contributed by atoms with Crippen LogP contribution in [0.15, 0.2) is 36.7 Å². The Hall–Kier alpha value is -1.18. The molecule has 0 aliphatic heterocycles. The average molecular weight is 166 g/mol. The third-order valence-electron chi connectivity index (χ3n) is 1.24. The molecule has 0 aromatic carbocycles. The van der Waals surface area contributed by atoms with Gasteiger partial charge in [0, 0.05) is 6.54 Å². The fourth-order valence-corrected chi connectivity index (χ4v) is 0.619. The maximum Gasteiger partial charge on any atom is 0.0960 e. The van der Waals surface area contributed by atoms with Crippen LogP contribution in [0, 0.1) is 5.92 Å². The Labute approximate surface area is 74.8 Å². The maximum atomic E-state index is 5.63. The van der Waals surface area contributed by atoms with E-state index >= 15 is 0 Å². The molecule has 0 aromatic rings. The summed E-state index contributed by atoms with van der Waals surface area (Å²) >= 11 is 0. The summed E-state index contributed by atoms with van der Waals surface area (Å²) in [5.74, 6) is 1.31. The van der Waals surface area contributed by atoms with Crippen molar-refractivity contribution >= 4 is 0 Å². The zero-order chi connectivity index (χ0) is 9.40. The third kappa shape index (κ3) is 6.93. The van der Waals surface area contributed by atoms with Gasteiger partial charge in [-0.2, -0.15) is 0 Å². The van der Waals surface area contributed by atoms with Crippen LogP contribution >= 0.6 is 0 Å². The van der Waals surface area contributed by atoms with Crippen molar-refractivity contribution in [3.05, 3.63) is 36.7 Å². The Kier molecular flexibility index (Phi) is 5.88. The lowest BCUT2D eigenvalue weighted by molar-refractivity contribution is 0.593. The first-order valence-electron chi connectivity index (χ1n) is 4.15. The number of nitrogens with one attached hydrogen (secondary N) is 1. The first kappa shape index (κ1) is 10.8. The molecule has 12 heavy (non-hydrogen) atoms. The summed E-state index contributed by atoms with van der Waals surface area (Å²) < 4.78 is 0. The smallest absolute Gasteiger partial charge is 0.0960 e. The Morgan fingerprint density at radius 2 is 2.17 bits per heavy atom. The van der Waals surface area contributed by atoms with E-state index in [9.17, 15) is 0 Å². The molecule has 0 aromatic heterocycles. The van der Waals surface area contributed by atoms with E-state index in [0.29, 0.717) is 11.7 Å². The lowest BCUT2D eigenvalue weighted by Crippen LogP contribution is -2.23. The van der Waals surface area contributed by atoms with E-state index in [4.69, 9.17) is 5.73 Å². The van der Waals surface area contributed by atoms with E-state index in [0.717, 1.165) is 6.54 Å². The molecule has 68 valence electrons. The molecule has 0 spiro atoms. The quantitative estimate of drug-likeness (QED) is 0.611. The Balaban J connectivity index is 3.70. The molecule has 0 amide bonds. The van der Waals surface area contributed by atoms with Crippen molar-refractivity contribution in [2.75, 3.05) is 6.54 Å². The van der Waals surface area contributed by atoms with Crippen LogP contribution in [-0.4, -0.2) is 6.54 Å². The van der Waals surface area contributed by atoms with Gasteiger partial charge in [0.05, 0.1) is 5.82 Å². The molecule has 0 atom stereocenters. The van der Waals surface area contributed by atoms with E-state index in [1.165, 1.54) is 0 Å². The standard InChI is InChI=1S/C10H18N2/c1-4-5-6-7-10(11)12-8-9(2)3/h4-7,9,12H,1,8,11H2,2-3H3/b6-5-,10-7+. The van der Waals surface area contributed by atoms with Gasteiger partial charge in [-0.15, -0.1) is 0 Å². The summed E-state index contributed by atoms with van der Waals surface area (Å²) in [6, 6.07) is 0. The van der Waals surface area contributed by atoms with E-state index in [-0.39, 0.29) is 0 Å². The molecule has 2 heteroatoms. The lowest BCUT2D eigenvalue weighted by Gasteiger charge is -2.07. The fourth-order valence-electron chi connectivity index (χ4n) is 0.619. The van der Waals surface area contributed by atoms with Gasteiger partial charge >= 0.3 is 0 Å². The van der Waals surface area contributed by atoms with Crippen LogP contribution in [0.3, 0.4) is 0 Å². The van der Waals surface area contributed by atoms with Gasteiger partial charge in [-0.25, -0.2) is 0 Å². The van der Waals surface area contributed by atoms with Crippen LogP contribution in [0.25, 0.3) is 0 Å². The Morgan fingerprint density at radius 1 is 1.50 bits per heavy atom. The zero-order valence-corrected chi connectivity index (χ0v) is 7.88. The molecule has 0 heterocycles. The second kappa shape index (κ2) is 6.53. The number of hydrogen-bond acceptors (Lipinski definition) is 2. The maximum absolute atomic E-state index is 5.63. The molecule has 0 aliphatic carbocycles. The van der Waals surface area contributed by atoms with Crippen LogP contribution in [0.2, 0.25) is 0 Å². The molecule has 0 saturated carbocycles. The second-order valence-corrected chi connectivity index (χ2v) is 3.02. The molecular weight excluding hydrogens is 148 g/mol. The van der Waals surface area contributed by atoms with Crippen LogP contribution in [0.5, 0.6) is 0 Å². The topological polar surface area (TPSA) is 38.0 Å². The molecule has 0 saturated heterocycles. The number of rotatable bonds is 5. The second-order valence-electron chi connectivity index (χ2n) is 3.02. The summed E-state index contributed by atoms with van der Waals surface area (Å²) in [6.07, 6.45) is 7.23. The molecule has 0 rings (SSSR count). The molecule has 0 unspecified atom stereocenters. The normalized spacial score (nSPS) is 12.4. The zero-order valence-electron chi connectivity index (χ0n) is 7.88. The number of nitrogens with two attached hydrogens (primary N) is 1. The van der Waals surface area contributed by atoms with Crippen molar-refractivity contribution in [1.82, 2.24) is 5.32 Å². The van der Waals surface area contributed by atoms with Crippen molar-refractivity contribution in [2.45, 2.75) is 13.8 Å². The average Bonchev–Trinajstić information content (AvgIpc) is 2.01. The van der Waals surface area contributed by atoms with E-state index in [1.54, 1.807) is 6.08 Å². The predicted octanol–water partition coefficient (Wildman–Crippen LogP) is 1.77. The van der Waals surface area contributed by atoms with Crippen molar-refractivity contribution in [2.24, 2.45) is 11.7 Å². The van der Waals surface area contributed by atoms with E-state index in [1.807, 2.05) is 18.2 Å². The van der Waals surface area contributed by atoms with Crippen LogP contribution in [-0.2, 0) is 0 Å². The molecule has 0 bridgehead atoms. The van der Waals surface area contributed by atoms with Crippen molar-refractivity contribution in [3.63, 3.8) is 0 Å². The molecule has 3 N–H and O–H groups in total. The number of allylic oxidation sites excluding steroid dienone is 4. The highest BCUT2D eigenvalue weighted by atomic mass is 15.0. The SMILES string of the molecule is C=C/C=C\C=C(/N)NCC(C)C. The highest BCUT2D eigenvalue weighted by molar-refractivity contribution is 5.12. The Morgan fingerprint density at radius 3 is 2.67 bits per heavy atom. The highest BCUT2D eigenvalue weighted by Crippen LogP contribution is 1.89. The van der Waals surface area contributed by atoms with Crippen molar-refractivity contribution in [3.8, 4) is 0 Å². The summed E-state index contributed by atoms with van der Waals surface area (Å²) in [7, 11) is 0. The van der Waals surface area contributed by atoms with Crippen LogP contribution in [0.1, 0.15) is 13.8 Å².